The summed E-state index contributed by atoms with van der Waals surface area (Å²) in [5.41, 5.74) is 0. The van der Waals surface area contributed by atoms with Gasteiger partial charge in [-0.3, -0.25) is 4.90 Å². The van der Waals surface area contributed by atoms with Crippen LogP contribution >= 0.6 is 0 Å². The van der Waals surface area contributed by atoms with E-state index < -0.39 is 0 Å². The summed E-state index contributed by atoms with van der Waals surface area (Å²) in [6.45, 7) is 9.01. The van der Waals surface area contributed by atoms with Crippen LogP contribution in [0.2, 0.25) is 0 Å². The topological polar surface area (TPSA) is 24.5 Å². The molecule has 3 nitrogen and oxygen atoms in total. The molecular weight excluding hydrogens is 224 g/mol. The molecule has 3 heteroatoms. The Morgan fingerprint density at radius 3 is 2.61 bits per heavy atom. The normalized spacial score (nSPS) is 27.2. The van der Waals surface area contributed by atoms with Gasteiger partial charge < -0.3 is 10.1 Å². The maximum absolute atomic E-state index is 5.72. The molecule has 0 aromatic carbocycles. The van der Waals surface area contributed by atoms with Gasteiger partial charge in [0.25, 0.3) is 0 Å². The van der Waals surface area contributed by atoms with Gasteiger partial charge in [0.1, 0.15) is 0 Å². The number of hydrogen-bond acceptors (Lipinski definition) is 3. The van der Waals surface area contributed by atoms with Crippen molar-refractivity contribution in [2.75, 3.05) is 26.2 Å². The molecule has 1 saturated carbocycles. The van der Waals surface area contributed by atoms with E-state index in [0.717, 1.165) is 19.2 Å². The largest absolute Gasteiger partial charge is 0.377 e. The highest BCUT2D eigenvalue weighted by Gasteiger charge is 2.23. The van der Waals surface area contributed by atoms with Gasteiger partial charge in [-0.25, -0.2) is 0 Å². The van der Waals surface area contributed by atoms with Gasteiger partial charge >= 0.3 is 0 Å². The Labute approximate surface area is 112 Å². The number of ether oxygens (including phenoxy) is 1. The van der Waals surface area contributed by atoms with Crippen molar-refractivity contribution >= 4 is 0 Å². The molecule has 2 atom stereocenters. The molecule has 2 fully saturated rings. The number of hydrogen-bond donors (Lipinski definition) is 1. The van der Waals surface area contributed by atoms with Gasteiger partial charge in [0.15, 0.2) is 0 Å². The fourth-order valence-electron chi connectivity index (χ4n) is 3.43. The van der Waals surface area contributed by atoms with E-state index in [4.69, 9.17) is 4.74 Å². The van der Waals surface area contributed by atoms with Crippen LogP contribution in [0.5, 0.6) is 0 Å². The van der Waals surface area contributed by atoms with E-state index in [9.17, 15) is 0 Å². The smallest absolute Gasteiger partial charge is 0.0726 e. The summed E-state index contributed by atoms with van der Waals surface area (Å²) >= 11 is 0. The summed E-state index contributed by atoms with van der Waals surface area (Å²) in [6.07, 6.45) is 8.60. The molecule has 18 heavy (non-hydrogen) atoms. The molecule has 0 radical (unpaired) electrons. The summed E-state index contributed by atoms with van der Waals surface area (Å²) in [6, 6.07) is 1.37. The second-order valence-electron chi connectivity index (χ2n) is 5.86. The van der Waals surface area contributed by atoms with E-state index in [1.165, 1.54) is 51.6 Å². The molecular formula is C15H30N2O. The van der Waals surface area contributed by atoms with Crippen molar-refractivity contribution in [2.24, 2.45) is 0 Å². The second kappa shape index (κ2) is 7.46. The average molecular weight is 254 g/mol. The zero-order valence-electron chi connectivity index (χ0n) is 12.2. The van der Waals surface area contributed by atoms with E-state index >= 15 is 0 Å². The molecule has 0 aromatic rings. The summed E-state index contributed by atoms with van der Waals surface area (Å²) in [7, 11) is 0. The predicted molar refractivity (Wildman–Crippen MR) is 75.9 cm³/mol. The lowest BCUT2D eigenvalue weighted by Crippen LogP contribution is -2.43. The minimum absolute atomic E-state index is 0.451. The van der Waals surface area contributed by atoms with Crippen molar-refractivity contribution in [3.63, 3.8) is 0 Å². The number of rotatable bonds is 7. The summed E-state index contributed by atoms with van der Waals surface area (Å²) in [5.74, 6) is 0. The Kier molecular flexibility index (Phi) is 5.93. The van der Waals surface area contributed by atoms with Crippen LogP contribution < -0.4 is 5.32 Å². The first-order valence-corrected chi connectivity index (χ1v) is 7.90. The zero-order chi connectivity index (χ0) is 12.8. The standard InChI is InChI=1S/C15H30N2O/c1-3-17(14-7-4-5-8-14)11-10-16-13(2)15-9-6-12-18-15/h13-16H,3-12H2,1-2H3. The maximum Gasteiger partial charge on any atom is 0.0726 e. The van der Waals surface area contributed by atoms with Gasteiger partial charge in [-0.2, -0.15) is 0 Å². The predicted octanol–water partition coefficient (Wildman–Crippen LogP) is 2.41. The third kappa shape index (κ3) is 3.94. The molecule has 2 unspecified atom stereocenters. The highest BCUT2D eigenvalue weighted by molar-refractivity contribution is 4.80. The molecule has 1 aliphatic carbocycles. The molecule has 0 bridgehead atoms. The van der Waals surface area contributed by atoms with Crippen LogP contribution in [0.15, 0.2) is 0 Å². The monoisotopic (exact) mass is 254 g/mol. The van der Waals surface area contributed by atoms with Crippen LogP contribution in [0, 0.1) is 0 Å². The molecule has 2 aliphatic rings. The van der Waals surface area contributed by atoms with Crippen molar-refractivity contribution in [3.05, 3.63) is 0 Å². The molecule has 1 N–H and O–H groups in total. The zero-order valence-corrected chi connectivity index (χ0v) is 12.2. The number of nitrogens with zero attached hydrogens (tertiary/aromatic N) is 1. The molecule has 0 aromatic heterocycles. The fourth-order valence-corrected chi connectivity index (χ4v) is 3.43. The van der Waals surface area contributed by atoms with Crippen molar-refractivity contribution in [2.45, 2.75) is 70.6 Å². The van der Waals surface area contributed by atoms with Gasteiger partial charge in [-0.05, 0) is 39.2 Å². The first kappa shape index (κ1) is 14.3. The average Bonchev–Trinajstić information content (AvgIpc) is 3.05. The highest BCUT2D eigenvalue weighted by atomic mass is 16.5. The summed E-state index contributed by atoms with van der Waals surface area (Å²) < 4.78 is 5.72. The van der Waals surface area contributed by atoms with Crippen LogP contribution in [-0.2, 0) is 4.74 Å². The van der Waals surface area contributed by atoms with E-state index in [-0.39, 0.29) is 0 Å². The first-order valence-electron chi connectivity index (χ1n) is 7.90. The number of likely N-dealkylation sites (N-methyl/N-ethyl adjacent to an activating group) is 1. The quantitative estimate of drug-likeness (QED) is 0.755. The third-order valence-electron chi connectivity index (χ3n) is 4.64. The van der Waals surface area contributed by atoms with Gasteiger partial charge in [-0.15, -0.1) is 0 Å². The summed E-state index contributed by atoms with van der Waals surface area (Å²) in [5, 5.41) is 3.65. The SMILES string of the molecule is CCN(CCNC(C)C1CCCO1)C1CCCC1. The first-order chi connectivity index (χ1) is 8.81. The Morgan fingerprint density at radius 1 is 1.22 bits per heavy atom. The van der Waals surface area contributed by atoms with E-state index in [0.29, 0.717) is 12.1 Å². The lowest BCUT2D eigenvalue weighted by Gasteiger charge is -2.28. The van der Waals surface area contributed by atoms with Gasteiger partial charge in [-0.1, -0.05) is 19.8 Å². The fraction of sp³-hybridized carbons (Fsp3) is 1.00. The van der Waals surface area contributed by atoms with Crippen LogP contribution in [0.25, 0.3) is 0 Å². The van der Waals surface area contributed by atoms with E-state index in [1.807, 2.05) is 0 Å². The second-order valence-corrected chi connectivity index (χ2v) is 5.86. The van der Waals surface area contributed by atoms with Crippen LogP contribution in [-0.4, -0.2) is 49.3 Å². The van der Waals surface area contributed by atoms with Crippen molar-refractivity contribution in [1.82, 2.24) is 10.2 Å². The summed E-state index contributed by atoms with van der Waals surface area (Å²) in [4.78, 5) is 2.65. The lowest BCUT2D eigenvalue weighted by atomic mass is 10.1. The molecule has 1 heterocycles. The lowest BCUT2D eigenvalue weighted by molar-refractivity contribution is 0.0819. The number of nitrogens with one attached hydrogen (secondary N) is 1. The van der Waals surface area contributed by atoms with Crippen LogP contribution in [0.4, 0.5) is 0 Å². The van der Waals surface area contributed by atoms with Gasteiger partial charge in [0.2, 0.25) is 0 Å². The minimum atomic E-state index is 0.451. The highest BCUT2D eigenvalue weighted by Crippen LogP contribution is 2.23. The van der Waals surface area contributed by atoms with Crippen molar-refractivity contribution in [1.29, 1.82) is 0 Å². The van der Waals surface area contributed by atoms with Crippen LogP contribution in [0.3, 0.4) is 0 Å². The Bertz CT molecular complexity index is 223. The molecule has 1 aliphatic heterocycles. The Hall–Kier alpha value is -0.120. The van der Waals surface area contributed by atoms with Gasteiger partial charge in [0.05, 0.1) is 6.10 Å². The maximum atomic E-state index is 5.72. The third-order valence-corrected chi connectivity index (χ3v) is 4.64. The minimum Gasteiger partial charge on any atom is -0.377 e. The van der Waals surface area contributed by atoms with Crippen molar-refractivity contribution < 1.29 is 4.74 Å². The van der Waals surface area contributed by atoms with Crippen LogP contribution in [0.1, 0.15) is 52.4 Å². The van der Waals surface area contributed by atoms with Crippen molar-refractivity contribution in [3.8, 4) is 0 Å². The van der Waals surface area contributed by atoms with E-state index in [1.54, 1.807) is 0 Å². The molecule has 106 valence electrons. The Morgan fingerprint density at radius 2 is 2.00 bits per heavy atom. The molecule has 1 saturated heterocycles. The molecule has 2 rings (SSSR count). The molecule has 0 amide bonds. The van der Waals surface area contributed by atoms with E-state index in [2.05, 4.69) is 24.1 Å². The van der Waals surface area contributed by atoms with Gasteiger partial charge in [0, 0.05) is 31.8 Å². The Balaban J connectivity index is 1.63. The molecule has 0 spiro atoms.